The fourth-order valence-corrected chi connectivity index (χ4v) is 4.09. The molecule has 1 fully saturated rings. The summed E-state index contributed by atoms with van der Waals surface area (Å²) in [5.74, 6) is 1.28. The van der Waals surface area contributed by atoms with Gasteiger partial charge in [-0.1, -0.05) is 44.2 Å². The van der Waals surface area contributed by atoms with Gasteiger partial charge >= 0.3 is 0 Å². The Bertz CT molecular complexity index is 943. The summed E-state index contributed by atoms with van der Waals surface area (Å²) >= 11 is 0. The summed E-state index contributed by atoms with van der Waals surface area (Å²) in [7, 11) is 0. The Hall–Kier alpha value is -3.02. The van der Waals surface area contributed by atoms with Crippen LogP contribution in [0.4, 0.5) is 5.69 Å². The van der Waals surface area contributed by atoms with Crippen molar-refractivity contribution in [2.24, 2.45) is 5.92 Å². The molecule has 2 aromatic rings. The molecule has 2 aromatic carbocycles. The average molecular weight is 408 g/mol. The van der Waals surface area contributed by atoms with Crippen LogP contribution in [0, 0.1) is 5.92 Å². The SMILES string of the molecule is CCC(C)c1ccccc1N1CC(C(=O)NCc2cccc3c2OCCO3)CC1=O. The molecule has 4 rings (SSSR count). The number of para-hydroxylation sites is 2. The minimum absolute atomic E-state index is 0.000253. The summed E-state index contributed by atoms with van der Waals surface area (Å²) < 4.78 is 11.3. The van der Waals surface area contributed by atoms with Crippen molar-refractivity contribution in [3.8, 4) is 11.5 Å². The lowest BCUT2D eigenvalue weighted by atomic mass is 9.96. The average Bonchev–Trinajstić information content (AvgIpc) is 3.18. The van der Waals surface area contributed by atoms with Gasteiger partial charge in [-0.05, 0) is 30.0 Å². The Kier molecular flexibility index (Phi) is 5.93. The van der Waals surface area contributed by atoms with Crippen LogP contribution >= 0.6 is 0 Å². The molecule has 1 saturated heterocycles. The fraction of sp³-hybridized carbons (Fsp3) is 0.417. The Morgan fingerprint density at radius 1 is 1.17 bits per heavy atom. The van der Waals surface area contributed by atoms with Crippen LogP contribution < -0.4 is 19.7 Å². The summed E-state index contributed by atoms with van der Waals surface area (Å²) in [5.41, 5.74) is 2.96. The zero-order chi connectivity index (χ0) is 21.1. The first-order valence-corrected chi connectivity index (χ1v) is 10.6. The first-order chi connectivity index (χ1) is 14.6. The second-order valence-corrected chi connectivity index (χ2v) is 7.93. The van der Waals surface area contributed by atoms with Crippen molar-refractivity contribution in [2.75, 3.05) is 24.7 Å². The van der Waals surface area contributed by atoms with Gasteiger partial charge in [-0.3, -0.25) is 9.59 Å². The number of ether oxygens (including phenoxy) is 2. The standard InChI is InChI=1S/C24H28N2O4/c1-3-16(2)19-8-4-5-9-20(19)26-15-18(13-22(26)27)24(28)25-14-17-7-6-10-21-23(17)30-12-11-29-21/h4-10,16,18H,3,11-15H2,1-2H3,(H,25,28). The molecular formula is C24H28N2O4. The predicted octanol–water partition coefficient (Wildman–Crippen LogP) is 3.64. The van der Waals surface area contributed by atoms with Crippen LogP contribution in [0.5, 0.6) is 11.5 Å². The summed E-state index contributed by atoms with van der Waals surface area (Å²) in [6, 6.07) is 13.7. The van der Waals surface area contributed by atoms with E-state index in [1.807, 2.05) is 36.4 Å². The van der Waals surface area contributed by atoms with Gasteiger partial charge in [-0.15, -0.1) is 0 Å². The van der Waals surface area contributed by atoms with Crippen LogP contribution in [-0.2, 0) is 16.1 Å². The van der Waals surface area contributed by atoms with Crippen LogP contribution in [0.3, 0.4) is 0 Å². The molecule has 0 bridgehead atoms. The van der Waals surface area contributed by atoms with Crippen molar-refractivity contribution < 1.29 is 19.1 Å². The maximum absolute atomic E-state index is 12.8. The zero-order valence-corrected chi connectivity index (χ0v) is 17.5. The molecule has 2 amide bonds. The maximum Gasteiger partial charge on any atom is 0.227 e. The number of nitrogens with one attached hydrogen (secondary N) is 1. The largest absolute Gasteiger partial charge is 0.486 e. The van der Waals surface area contributed by atoms with Gasteiger partial charge in [0.25, 0.3) is 0 Å². The number of anilines is 1. The fourth-order valence-electron chi connectivity index (χ4n) is 4.09. The number of fused-ring (bicyclic) bond motifs is 1. The highest BCUT2D eigenvalue weighted by Crippen LogP contribution is 2.35. The third-order valence-corrected chi connectivity index (χ3v) is 5.97. The van der Waals surface area contributed by atoms with Gasteiger partial charge in [0.15, 0.2) is 11.5 Å². The lowest BCUT2D eigenvalue weighted by Gasteiger charge is -2.23. The normalized spacial score (nSPS) is 18.9. The van der Waals surface area contributed by atoms with Crippen LogP contribution in [0.15, 0.2) is 42.5 Å². The number of nitrogens with zero attached hydrogens (tertiary/aromatic N) is 1. The second-order valence-electron chi connectivity index (χ2n) is 7.93. The molecule has 0 aliphatic carbocycles. The molecule has 0 saturated carbocycles. The van der Waals surface area contributed by atoms with E-state index in [0.717, 1.165) is 23.2 Å². The minimum atomic E-state index is -0.362. The van der Waals surface area contributed by atoms with Gasteiger partial charge in [0.2, 0.25) is 11.8 Å². The number of hydrogen-bond acceptors (Lipinski definition) is 4. The number of amides is 2. The topological polar surface area (TPSA) is 67.9 Å². The Labute approximate surface area is 177 Å². The number of carbonyl (C=O) groups is 2. The Balaban J connectivity index is 1.43. The van der Waals surface area contributed by atoms with E-state index in [4.69, 9.17) is 9.47 Å². The van der Waals surface area contributed by atoms with E-state index in [0.29, 0.717) is 43.7 Å². The molecule has 0 aromatic heterocycles. The van der Waals surface area contributed by atoms with Gasteiger partial charge in [0.1, 0.15) is 13.2 Å². The smallest absolute Gasteiger partial charge is 0.227 e. The van der Waals surface area contributed by atoms with E-state index < -0.39 is 0 Å². The summed E-state index contributed by atoms with van der Waals surface area (Å²) in [6.45, 7) is 6.08. The van der Waals surface area contributed by atoms with E-state index in [1.165, 1.54) is 0 Å². The first-order valence-electron chi connectivity index (χ1n) is 10.6. The molecule has 2 heterocycles. The predicted molar refractivity (Wildman–Crippen MR) is 115 cm³/mol. The van der Waals surface area contributed by atoms with Gasteiger partial charge in [-0.2, -0.15) is 0 Å². The van der Waals surface area contributed by atoms with Crippen molar-refractivity contribution in [1.82, 2.24) is 5.32 Å². The molecular weight excluding hydrogens is 380 g/mol. The van der Waals surface area contributed by atoms with Crippen LogP contribution in [-0.4, -0.2) is 31.6 Å². The molecule has 0 radical (unpaired) electrons. The maximum atomic E-state index is 12.8. The summed E-state index contributed by atoms with van der Waals surface area (Å²) in [5, 5.41) is 2.98. The molecule has 1 N–H and O–H groups in total. The van der Waals surface area contributed by atoms with Crippen LogP contribution in [0.25, 0.3) is 0 Å². The minimum Gasteiger partial charge on any atom is -0.486 e. The molecule has 6 heteroatoms. The van der Waals surface area contributed by atoms with Crippen molar-refractivity contribution >= 4 is 17.5 Å². The van der Waals surface area contributed by atoms with E-state index in [-0.39, 0.29) is 24.2 Å². The molecule has 158 valence electrons. The molecule has 2 atom stereocenters. The molecule has 2 aliphatic rings. The van der Waals surface area contributed by atoms with E-state index in [1.54, 1.807) is 4.90 Å². The van der Waals surface area contributed by atoms with Crippen molar-refractivity contribution in [2.45, 2.75) is 39.2 Å². The van der Waals surface area contributed by atoms with E-state index in [9.17, 15) is 9.59 Å². The Morgan fingerprint density at radius 2 is 1.97 bits per heavy atom. The summed E-state index contributed by atoms with van der Waals surface area (Å²) in [4.78, 5) is 27.3. The third-order valence-electron chi connectivity index (χ3n) is 5.97. The van der Waals surface area contributed by atoms with Gasteiger partial charge < -0.3 is 19.7 Å². The molecule has 2 unspecified atom stereocenters. The summed E-state index contributed by atoms with van der Waals surface area (Å²) in [6.07, 6.45) is 1.23. The monoisotopic (exact) mass is 408 g/mol. The van der Waals surface area contributed by atoms with E-state index in [2.05, 4.69) is 25.2 Å². The van der Waals surface area contributed by atoms with Crippen molar-refractivity contribution in [3.05, 3.63) is 53.6 Å². The van der Waals surface area contributed by atoms with Gasteiger partial charge in [0, 0.05) is 30.8 Å². The zero-order valence-electron chi connectivity index (χ0n) is 17.5. The van der Waals surface area contributed by atoms with Gasteiger partial charge in [-0.25, -0.2) is 0 Å². The van der Waals surface area contributed by atoms with E-state index >= 15 is 0 Å². The number of hydrogen-bond donors (Lipinski definition) is 1. The van der Waals surface area contributed by atoms with Crippen LogP contribution in [0.1, 0.15) is 43.7 Å². The van der Waals surface area contributed by atoms with Crippen molar-refractivity contribution in [3.63, 3.8) is 0 Å². The third kappa shape index (κ3) is 3.99. The number of benzene rings is 2. The molecule has 2 aliphatic heterocycles. The van der Waals surface area contributed by atoms with Crippen LogP contribution in [0.2, 0.25) is 0 Å². The first kappa shape index (κ1) is 20.3. The van der Waals surface area contributed by atoms with Gasteiger partial charge in [0.05, 0.1) is 5.92 Å². The molecule has 6 nitrogen and oxygen atoms in total. The number of rotatable bonds is 6. The molecule has 0 spiro atoms. The highest BCUT2D eigenvalue weighted by Gasteiger charge is 2.36. The lowest BCUT2D eigenvalue weighted by molar-refractivity contribution is -0.126. The number of carbonyl (C=O) groups excluding carboxylic acids is 2. The lowest BCUT2D eigenvalue weighted by Crippen LogP contribution is -2.33. The second kappa shape index (κ2) is 8.78. The quantitative estimate of drug-likeness (QED) is 0.792. The Morgan fingerprint density at radius 3 is 2.80 bits per heavy atom. The highest BCUT2D eigenvalue weighted by molar-refractivity contribution is 6.00. The highest BCUT2D eigenvalue weighted by atomic mass is 16.6. The molecule has 30 heavy (non-hydrogen) atoms. The van der Waals surface area contributed by atoms with Crippen molar-refractivity contribution in [1.29, 1.82) is 0 Å².